The van der Waals surface area contributed by atoms with Crippen molar-refractivity contribution < 1.29 is 9.53 Å². The highest BCUT2D eigenvalue weighted by Crippen LogP contribution is 2.42. The van der Waals surface area contributed by atoms with Gasteiger partial charge >= 0.3 is 0 Å². The molecule has 3 atom stereocenters. The molecule has 0 aromatic heterocycles. The Labute approximate surface area is 222 Å². The van der Waals surface area contributed by atoms with Gasteiger partial charge < -0.3 is 15.0 Å². The van der Waals surface area contributed by atoms with Crippen molar-refractivity contribution >= 4 is 41.0 Å². The van der Waals surface area contributed by atoms with Crippen LogP contribution in [0.2, 0.25) is 5.02 Å². The maximum atomic E-state index is 13.7. The molecule has 1 saturated heterocycles. The Morgan fingerprint density at radius 1 is 1.00 bits per heavy atom. The van der Waals surface area contributed by atoms with Crippen molar-refractivity contribution in [2.75, 3.05) is 5.32 Å². The second-order valence-corrected chi connectivity index (χ2v) is 11.0. The Morgan fingerprint density at radius 2 is 1.72 bits per heavy atom. The zero-order valence-corrected chi connectivity index (χ0v) is 22.0. The van der Waals surface area contributed by atoms with Crippen LogP contribution in [-0.4, -0.2) is 22.3 Å². The molecule has 1 N–H and O–H groups in total. The Balaban J connectivity index is 1.32. The second-order valence-electron chi connectivity index (χ2n) is 9.48. The molecule has 0 radical (unpaired) electrons. The molecule has 36 heavy (non-hydrogen) atoms. The van der Waals surface area contributed by atoms with Crippen LogP contribution >= 0.6 is 23.4 Å². The molecule has 3 aromatic rings. The number of carbonyl (C=O) groups excluding carboxylic acids is 1. The summed E-state index contributed by atoms with van der Waals surface area (Å²) >= 11 is 7.84. The van der Waals surface area contributed by atoms with Crippen molar-refractivity contribution in [3.8, 4) is 5.75 Å². The largest absolute Gasteiger partial charge is 0.489 e. The van der Waals surface area contributed by atoms with E-state index in [1.165, 1.54) is 19.3 Å². The molecule has 1 heterocycles. The summed E-state index contributed by atoms with van der Waals surface area (Å²) in [5, 5.41) is 4.30. The zero-order chi connectivity index (χ0) is 24.9. The molecule has 4 nitrogen and oxygen atoms in total. The number of amides is 1. The van der Waals surface area contributed by atoms with Gasteiger partial charge in [-0.2, -0.15) is 0 Å². The highest BCUT2D eigenvalue weighted by molar-refractivity contribution is 8.05. The third-order valence-corrected chi connectivity index (χ3v) is 8.44. The maximum Gasteiger partial charge on any atom is 0.262 e. The number of nitrogens with one attached hydrogen (secondary N) is 1. The van der Waals surface area contributed by atoms with E-state index in [2.05, 4.69) is 29.3 Å². The van der Waals surface area contributed by atoms with Crippen molar-refractivity contribution in [1.82, 2.24) is 4.90 Å². The molecular formula is C30H31ClN2O2S. The van der Waals surface area contributed by atoms with Crippen LogP contribution in [-0.2, 0) is 11.4 Å². The van der Waals surface area contributed by atoms with Gasteiger partial charge in [0.25, 0.3) is 5.91 Å². The molecule has 2 fully saturated rings. The minimum atomic E-state index is -0.116. The number of carbonyl (C=O) groups is 1. The lowest BCUT2D eigenvalue weighted by Crippen LogP contribution is -2.48. The zero-order valence-electron chi connectivity index (χ0n) is 20.4. The fraction of sp³-hybridized carbons (Fsp3) is 0.300. The first kappa shape index (κ1) is 24.8. The number of hydrogen-bond acceptors (Lipinski definition) is 4. The van der Waals surface area contributed by atoms with Gasteiger partial charge in [-0.3, -0.25) is 4.79 Å². The monoisotopic (exact) mass is 518 g/mol. The molecule has 1 unspecified atom stereocenters. The Hall–Kier alpha value is -2.89. The van der Waals surface area contributed by atoms with E-state index in [0.29, 0.717) is 17.5 Å². The molecular weight excluding hydrogens is 488 g/mol. The van der Waals surface area contributed by atoms with Crippen LogP contribution in [0.1, 0.15) is 43.7 Å². The minimum Gasteiger partial charge on any atom is -0.489 e. The quantitative estimate of drug-likeness (QED) is 0.324. The van der Waals surface area contributed by atoms with Gasteiger partial charge in [0.2, 0.25) is 0 Å². The van der Waals surface area contributed by atoms with Crippen LogP contribution in [0.25, 0.3) is 6.08 Å². The SMILES string of the molecule is C[C@@H]1CCCC[C@H]1N1C(=O)/C(=C/c2ccc(OCc3ccccc3Cl)cc2)SC1Nc1ccccc1. The standard InChI is InChI=1S/C30H31ClN2O2S/c1-21-9-5-8-14-27(21)33-29(34)28(36-30(33)32-24-11-3-2-4-12-24)19-22-15-17-25(18-16-22)35-20-23-10-6-7-13-26(23)31/h2-4,6-7,10-13,15-19,21,27,30,32H,5,8-9,14,20H2,1H3/b28-19-/t21-,27-,30?/m1/s1. The van der Waals surface area contributed by atoms with Gasteiger partial charge in [0.1, 0.15) is 12.4 Å². The summed E-state index contributed by atoms with van der Waals surface area (Å²) in [5.41, 5.74) is 2.84. The van der Waals surface area contributed by atoms with E-state index in [9.17, 15) is 4.79 Å². The number of ether oxygens (including phenoxy) is 1. The van der Waals surface area contributed by atoms with Gasteiger partial charge in [-0.05, 0) is 60.7 Å². The minimum absolute atomic E-state index is 0.116. The first-order chi connectivity index (χ1) is 17.6. The summed E-state index contributed by atoms with van der Waals surface area (Å²) < 4.78 is 5.92. The summed E-state index contributed by atoms with van der Waals surface area (Å²) in [5.74, 6) is 1.38. The predicted molar refractivity (Wildman–Crippen MR) is 150 cm³/mol. The Kier molecular flexibility index (Phi) is 7.88. The summed E-state index contributed by atoms with van der Waals surface area (Å²) in [4.78, 5) is 16.5. The van der Waals surface area contributed by atoms with Gasteiger partial charge in [-0.15, -0.1) is 0 Å². The molecule has 0 spiro atoms. The van der Waals surface area contributed by atoms with Crippen LogP contribution in [0.5, 0.6) is 5.75 Å². The fourth-order valence-electron chi connectivity index (χ4n) is 4.96. The van der Waals surface area contributed by atoms with Crippen LogP contribution in [0.4, 0.5) is 5.69 Å². The first-order valence-corrected chi connectivity index (χ1v) is 13.8. The molecule has 186 valence electrons. The highest BCUT2D eigenvalue weighted by atomic mass is 35.5. The number of hydrogen-bond donors (Lipinski definition) is 1. The number of rotatable bonds is 7. The predicted octanol–water partition coefficient (Wildman–Crippen LogP) is 7.81. The van der Waals surface area contributed by atoms with Gasteiger partial charge in [0.05, 0.1) is 4.91 Å². The van der Waals surface area contributed by atoms with Gasteiger partial charge in [0.15, 0.2) is 5.50 Å². The van der Waals surface area contributed by atoms with E-state index in [-0.39, 0.29) is 17.4 Å². The average molecular weight is 519 g/mol. The topological polar surface area (TPSA) is 41.6 Å². The van der Waals surface area contributed by atoms with Crippen molar-refractivity contribution in [2.24, 2.45) is 5.92 Å². The number of thioether (sulfide) groups is 1. The smallest absolute Gasteiger partial charge is 0.262 e. The van der Waals surface area contributed by atoms with Crippen molar-refractivity contribution in [3.63, 3.8) is 0 Å². The van der Waals surface area contributed by atoms with E-state index in [4.69, 9.17) is 16.3 Å². The molecule has 5 rings (SSSR count). The summed E-state index contributed by atoms with van der Waals surface area (Å²) in [7, 11) is 0. The third-order valence-electron chi connectivity index (χ3n) is 6.95. The second kappa shape index (κ2) is 11.4. The van der Waals surface area contributed by atoms with Gasteiger partial charge in [0, 0.05) is 22.3 Å². The maximum absolute atomic E-state index is 13.7. The molecule has 1 aliphatic heterocycles. The van der Waals surface area contributed by atoms with E-state index in [0.717, 1.165) is 33.9 Å². The Bertz CT molecular complexity index is 1220. The lowest BCUT2D eigenvalue weighted by atomic mass is 9.85. The highest BCUT2D eigenvalue weighted by Gasteiger charge is 2.42. The lowest BCUT2D eigenvalue weighted by molar-refractivity contribution is -0.129. The number of halogens is 1. The van der Waals surface area contributed by atoms with Gasteiger partial charge in [-0.1, -0.05) is 91.7 Å². The molecule has 1 aliphatic carbocycles. The number of nitrogens with zero attached hydrogens (tertiary/aromatic N) is 1. The molecule has 0 bridgehead atoms. The number of anilines is 1. The van der Waals surface area contributed by atoms with E-state index >= 15 is 0 Å². The lowest BCUT2D eigenvalue weighted by Gasteiger charge is -2.39. The van der Waals surface area contributed by atoms with Crippen LogP contribution in [0.3, 0.4) is 0 Å². The van der Waals surface area contributed by atoms with Crippen LogP contribution in [0, 0.1) is 5.92 Å². The average Bonchev–Trinajstić information content (AvgIpc) is 3.19. The summed E-state index contributed by atoms with van der Waals surface area (Å²) in [6.07, 6.45) is 6.66. The van der Waals surface area contributed by atoms with E-state index in [1.54, 1.807) is 11.8 Å². The van der Waals surface area contributed by atoms with E-state index in [1.807, 2.05) is 72.8 Å². The molecule has 2 aliphatic rings. The summed E-state index contributed by atoms with van der Waals surface area (Å²) in [6.45, 7) is 2.69. The fourth-order valence-corrected chi connectivity index (χ4v) is 6.36. The van der Waals surface area contributed by atoms with Crippen molar-refractivity contribution in [1.29, 1.82) is 0 Å². The van der Waals surface area contributed by atoms with Crippen LogP contribution < -0.4 is 10.1 Å². The summed E-state index contributed by atoms with van der Waals surface area (Å²) in [6, 6.07) is 26.0. The normalized spacial score (nSPS) is 23.2. The molecule has 1 amide bonds. The number of benzene rings is 3. The van der Waals surface area contributed by atoms with Crippen molar-refractivity contribution in [3.05, 3.63) is 99.9 Å². The van der Waals surface area contributed by atoms with Gasteiger partial charge in [-0.25, -0.2) is 0 Å². The Morgan fingerprint density at radius 3 is 2.47 bits per heavy atom. The first-order valence-electron chi connectivity index (χ1n) is 12.6. The third kappa shape index (κ3) is 5.74. The van der Waals surface area contributed by atoms with Crippen LogP contribution in [0.15, 0.2) is 83.8 Å². The molecule has 6 heteroatoms. The molecule has 1 saturated carbocycles. The number of para-hydroxylation sites is 1. The molecule has 3 aromatic carbocycles. The van der Waals surface area contributed by atoms with Crippen molar-refractivity contribution in [2.45, 2.75) is 50.8 Å². The van der Waals surface area contributed by atoms with E-state index < -0.39 is 0 Å².